The third-order valence-corrected chi connectivity index (χ3v) is 6.57. The summed E-state index contributed by atoms with van der Waals surface area (Å²) in [5.74, 6) is -1.24. The van der Waals surface area contributed by atoms with Gasteiger partial charge in [-0.1, -0.05) is 26.8 Å². The summed E-state index contributed by atoms with van der Waals surface area (Å²) in [6.45, 7) is 9.74. The summed E-state index contributed by atoms with van der Waals surface area (Å²) in [5, 5.41) is 7.12. The van der Waals surface area contributed by atoms with Crippen LogP contribution in [-0.4, -0.2) is 81.7 Å². The molecule has 0 saturated carbocycles. The minimum Gasteiger partial charge on any atom is -0.481 e. The highest BCUT2D eigenvalue weighted by Crippen LogP contribution is 2.41. The molecule has 0 bridgehead atoms. The van der Waals surface area contributed by atoms with Gasteiger partial charge in [0, 0.05) is 48.9 Å². The van der Waals surface area contributed by atoms with Crippen LogP contribution in [0, 0.1) is 0 Å². The molecule has 4 rings (SSSR count). The number of likely N-dealkylation sites (N-methyl/N-ethyl adjacent to an activating group) is 1. The molecular weight excluding hydrogens is 491 g/mol. The fourth-order valence-electron chi connectivity index (χ4n) is 4.61. The number of halogens is 3. The fraction of sp³-hybridized carbons (Fsp3) is 0.560. The Morgan fingerprint density at radius 3 is 2.35 bits per heavy atom. The van der Waals surface area contributed by atoms with Gasteiger partial charge in [-0.05, 0) is 32.0 Å². The van der Waals surface area contributed by atoms with Crippen molar-refractivity contribution in [2.75, 3.05) is 33.8 Å². The number of hydrogen-bond donors (Lipinski definition) is 1. The molecule has 0 aromatic carbocycles. The highest BCUT2D eigenvalue weighted by Gasteiger charge is 2.46. The maximum atomic E-state index is 12.8. The number of carboxylic acid groups (broad SMARTS) is 1. The lowest BCUT2D eigenvalue weighted by atomic mass is 9.71. The topological polar surface area (TPSA) is 109 Å². The second-order valence-electron chi connectivity index (χ2n) is 10.4. The number of aromatic nitrogens is 3. The third-order valence-electron chi connectivity index (χ3n) is 6.57. The second-order valence-corrected chi connectivity index (χ2v) is 10.4. The number of piperidine rings is 1. The summed E-state index contributed by atoms with van der Waals surface area (Å²) in [4.78, 5) is 39.8. The van der Waals surface area contributed by atoms with Crippen LogP contribution < -0.4 is 4.74 Å². The molecule has 2 aliphatic rings. The molecule has 0 atom stereocenters. The largest absolute Gasteiger partial charge is 0.490 e. The van der Waals surface area contributed by atoms with Crippen molar-refractivity contribution < 1.29 is 32.6 Å². The number of hydrogen-bond acceptors (Lipinski definition) is 7. The highest BCUT2D eigenvalue weighted by molar-refractivity contribution is 5.96. The molecule has 2 aromatic rings. The minimum atomic E-state index is -5.08. The molecule has 1 N–H and O–H groups in total. The molecule has 1 spiro atoms. The van der Waals surface area contributed by atoms with Crippen molar-refractivity contribution in [3.05, 3.63) is 47.2 Å². The Kier molecular flexibility index (Phi) is 8.11. The predicted octanol–water partition coefficient (Wildman–Crippen LogP) is 3.43. The van der Waals surface area contributed by atoms with E-state index >= 15 is 0 Å². The normalized spacial score (nSPS) is 17.6. The standard InChI is InChI=1S/C23H31N5O2.C2HF3O2/c1-22(2,3)21-25-13-17-18(26-21)23(15-27(4)20(17)29)8-11-28(12-9-23)14-16-7-6-10-24-19(16)30-5;3-2(4,5)1(6)7/h6-7,10,13H,8-9,11-12,14-15H2,1-5H3;(H,6,7). The lowest BCUT2D eigenvalue weighted by molar-refractivity contribution is -0.192. The van der Waals surface area contributed by atoms with Crippen LogP contribution in [0.2, 0.25) is 0 Å². The van der Waals surface area contributed by atoms with E-state index in [2.05, 4.69) is 41.7 Å². The van der Waals surface area contributed by atoms with E-state index in [9.17, 15) is 18.0 Å². The number of carboxylic acids is 1. The van der Waals surface area contributed by atoms with E-state index in [0.717, 1.165) is 49.6 Å². The Hall–Kier alpha value is -3.28. The Labute approximate surface area is 213 Å². The predicted molar refractivity (Wildman–Crippen MR) is 128 cm³/mol. The zero-order valence-corrected chi connectivity index (χ0v) is 21.6. The summed E-state index contributed by atoms with van der Waals surface area (Å²) in [6.07, 6.45) is 0.336. The highest BCUT2D eigenvalue weighted by atomic mass is 19.4. The second kappa shape index (κ2) is 10.6. The Morgan fingerprint density at radius 1 is 1.19 bits per heavy atom. The number of fused-ring (bicyclic) bond motifs is 2. The molecule has 2 aliphatic heterocycles. The number of carbonyl (C=O) groups is 2. The number of amides is 1. The van der Waals surface area contributed by atoms with Crippen LogP contribution in [0.3, 0.4) is 0 Å². The van der Waals surface area contributed by atoms with Crippen molar-refractivity contribution >= 4 is 11.9 Å². The van der Waals surface area contributed by atoms with E-state index in [0.29, 0.717) is 18.0 Å². The molecule has 12 heteroatoms. The van der Waals surface area contributed by atoms with Crippen LogP contribution in [0.5, 0.6) is 5.88 Å². The third kappa shape index (κ3) is 6.35. The van der Waals surface area contributed by atoms with Gasteiger partial charge < -0.3 is 14.7 Å². The van der Waals surface area contributed by atoms with Crippen LogP contribution >= 0.6 is 0 Å². The number of pyridine rings is 1. The maximum Gasteiger partial charge on any atom is 0.490 e. The van der Waals surface area contributed by atoms with Crippen LogP contribution in [0.1, 0.15) is 61.1 Å². The van der Waals surface area contributed by atoms with Crippen molar-refractivity contribution in [2.45, 2.75) is 57.2 Å². The zero-order chi connectivity index (χ0) is 27.6. The van der Waals surface area contributed by atoms with E-state index in [-0.39, 0.29) is 16.7 Å². The van der Waals surface area contributed by atoms with Crippen molar-refractivity contribution in [2.24, 2.45) is 0 Å². The Bertz CT molecular complexity index is 1140. The summed E-state index contributed by atoms with van der Waals surface area (Å²) in [5.41, 5.74) is 2.45. The van der Waals surface area contributed by atoms with E-state index in [1.54, 1.807) is 19.5 Å². The average Bonchev–Trinajstić information content (AvgIpc) is 2.83. The van der Waals surface area contributed by atoms with Crippen molar-refractivity contribution in [1.82, 2.24) is 24.8 Å². The number of alkyl halides is 3. The van der Waals surface area contributed by atoms with E-state index in [4.69, 9.17) is 19.6 Å². The van der Waals surface area contributed by atoms with E-state index < -0.39 is 12.1 Å². The number of likely N-dealkylation sites (tertiary alicyclic amines) is 1. The first kappa shape index (κ1) is 28.3. The van der Waals surface area contributed by atoms with Gasteiger partial charge in [0.15, 0.2) is 0 Å². The van der Waals surface area contributed by atoms with Gasteiger partial charge in [-0.25, -0.2) is 19.7 Å². The number of ether oxygens (including phenoxy) is 1. The Morgan fingerprint density at radius 2 is 1.81 bits per heavy atom. The SMILES string of the molecule is COc1ncccc1CN1CCC2(CC1)CN(C)C(=O)c1cnc(C(C)(C)C)nc12.O=C(O)C(F)(F)F. The van der Waals surface area contributed by atoms with Gasteiger partial charge in [0.05, 0.1) is 18.4 Å². The molecule has 37 heavy (non-hydrogen) atoms. The summed E-state index contributed by atoms with van der Waals surface area (Å²) in [7, 11) is 3.55. The number of aliphatic carboxylic acids is 1. The molecular formula is C25H32F3N5O4. The quantitative estimate of drug-likeness (QED) is 0.652. The number of methoxy groups -OCH3 is 1. The summed E-state index contributed by atoms with van der Waals surface area (Å²) < 4.78 is 37.2. The van der Waals surface area contributed by atoms with Crippen molar-refractivity contribution in [3.63, 3.8) is 0 Å². The zero-order valence-electron chi connectivity index (χ0n) is 21.6. The lowest BCUT2D eigenvalue weighted by Crippen LogP contribution is -2.54. The molecule has 0 unspecified atom stereocenters. The molecule has 0 aliphatic carbocycles. The van der Waals surface area contributed by atoms with Gasteiger partial charge in [-0.3, -0.25) is 9.69 Å². The van der Waals surface area contributed by atoms with Crippen LogP contribution in [-0.2, 0) is 22.2 Å². The molecule has 202 valence electrons. The number of nitrogens with zero attached hydrogens (tertiary/aromatic N) is 5. The maximum absolute atomic E-state index is 12.8. The average molecular weight is 524 g/mol. The first-order valence-electron chi connectivity index (χ1n) is 11.8. The lowest BCUT2D eigenvalue weighted by Gasteiger charge is -2.46. The van der Waals surface area contributed by atoms with Crippen molar-refractivity contribution in [1.29, 1.82) is 0 Å². The molecule has 1 saturated heterocycles. The molecule has 1 fully saturated rings. The van der Waals surface area contributed by atoms with Gasteiger partial charge in [0.25, 0.3) is 5.91 Å². The van der Waals surface area contributed by atoms with E-state index in [1.165, 1.54) is 0 Å². The molecule has 1 amide bonds. The van der Waals surface area contributed by atoms with Gasteiger partial charge in [-0.2, -0.15) is 13.2 Å². The van der Waals surface area contributed by atoms with Crippen LogP contribution in [0.25, 0.3) is 0 Å². The first-order valence-corrected chi connectivity index (χ1v) is 11.8. The summed E-state index contributed by atoms with van der Waals surface area (Å²) >= 11 is 0. The first-order chi connectivity index (χ1) is 17.2. The Balaban J connectivity index is 0.000000479. The van der Waals surface area contributed by atoms with Gasteiger partial charge >= 0.3 is 12.1 Å². The van der Waals surface area contributed by atoms with E-state index in [1.807, 2.05) is 18.0 Å². The van der Waals surface area contributed by atoms with Crippen LogP contribution in [0.15, 0.2) is 24.5 Å². The van der Waals surface area contributed by atoms with Crippen LogP contribution in [0.4, 0.5) is 13.2 Å². The van der Waals surface area contributed by atoms with Gasteiger partial charge in [0.2, 0.25) is 5.88 Å². The fourth-order valence-corrected chi connectivity index (χ4v) is 4.61. The molecule has 9 nitrogen and oxygen atoms in total. The van der Waals surface area contributed by atoms with Gasteiger partial charge in [0.1, 0.15) is 5.82 Å². The molecule has 2 aromatic heterocycles. The summed E-state index contributed by atoms with van der Waals surface area (Å²) in [6, 6.07) is 4.02. The molecule has 4 heterocycles. The van der Waals surface area contributed by atoms with Crippen molar-refractivity contribution in [3.8, 4) is 5.88 Å². The molecule has 0 radical (unpaired) electrons. The van der Waals surface area contributed by atoms with Gasteiger partial charge in [-0.15, -0.1) is 0 Å². The monoisotopic (exact) mass is 523 g/mol. The number of carbonyl (C=O) groups excluding carboxylic acids is 1. The number of rotatable bonds is 3. The smallest absolute Gasteiger partial charge is 0.481 e. The minimum absolute atomic E-state index is 0.0265.